The minimum atomic E-state index is -0.345. The first-order valence-electron chi connectivity index (χ1n) is 5.19. The second-order valence-electron chi connectivity index (χ2n) is 4.24. The monoisotopic (exact) mass is 214 g/mol. The lowest BCUT2D eigenvalue weighted by Gasteiger charge is -2.21. The van der Waals surface area contributed by atoms with Gasteiger partial charge in [-0.05, 0) is 18.4 Å². The summed E-state index contributed by atoms with van der Waals surface area (Å²) in [6.45, 7) is 7.37. The van der Waals surface area contributed by atoms with E-state index in [0.717, 1.165) is 24.0 Å². The molecule has 3 rings (SSSR count). The van der Waals surface area contributed by atoms with Gasteiger partial charge in [-0.15, -0.1) is 0 Å². The van der Waals surface area contributed by atoms with Crippen molar-refractivity contribution in [3.63, 3.8) is 0 Å². The summed E-state index contributed by atoms with van der Waals surface area (Å²) in [7, 11) is 0. The number of carbonyl (C=O) groups is 1. The van der Waals surface area contributed by atoms with Crippen LogP contribution in [0.3, 0.4) is 0 Å². The normalized spacial score (nSPS) is 26.1. The maximum Gasteiger partial charge on any atom is 0.408 e. The van der Waals surface area contributed by atoms with Gasteiger partial charge in [0.25, 0.3) is 0 Å². The van der Waals surface area contributed by atoms with Gasteiger partial charge in [-0.2, -0.15) is 0 Å². The number of cyclic esters (lactones) is 1. The topological polar surface area (TPSA) is 42.7 Å². The third-order valence-corrected chi connectivity index (χ3v) is 3.35. The lowest BCUT2D eigenvalue weighted by molar-refractivity contribution is 0.172. The van der Waals surface area contributed by atoms with Crippen LogP contribution in [0.5, 0.6) is 0 Å². The van der Waals surface area contributed by atoms with Crippen LogP contribution in [-0.4, -0.2) is 12.7 Å². The molecule has 1 aliphatic heterocycles. The fourth-order valence-corrected chi connectivity index (χ4v) is 2.54. The van der Waals surface area contributed by atoms with E-state index in [0.29, 0.717) is 12.3 Å². The molecule has 1 aromatic rings. The van der Waals surface area contributed by atoms with Crippen molar-refractivity contribution in [1.29, 1.82) is 0 Å². The third-order valence-electron chi connectivity index (χ3n) is 3.35. The van der Waals surface area contributed by atoms with E-state index in [9.17, 15) is 4.79 Å². The van der Waals surface area contributed by atoms with Crippen LogP contribution in [0.1, 0.15) is 17.5 Å². The van der Waals surface area contributed by atoms with E-state index in [4.69, 9.17) is 11.3 Å². The fourth-order valence-electron chi connectivity index (χ4n) is 2.54. The number of alkyl carbamates (subject to hydrolysis) is 1. The zero-order valence-electron chi connectivity index (χ0n) is 8.62. The van der Waals surface area contributed by atoms with Crippen molar-refractivity contribution in [3.8, 4) is 0 Å². The molecule has 16 heavy (non-hydrogen) atoms. The van der Waals surface area contributed by atoms with Gasteiger partial charge in [0, 0.05) is 0 Å². The molecule has 0 radical (unpaired) electrons. The molecule has 4 nitrogen and oxygen atoms in total. The molecule has 1 aromatic carbocycles. The molecule has 80 valence electrons. The predicted octanol–water partition coefficient (Wildman–Crippen LogP) is 2.12. The molecular formula is C12H10N2O2. The summed E-state index contributed by atoms with van der Waals surface area (Å²) in [5, 5.41) is 2.88. The Hall–Kier alpha value is -2.02. The van der Waals surface area contributed by atoms with Gasteiger partial charge in [0.15, 0.2) is 5.69 Å². The second kappa shape index (κ2) is 2.99. The minimum Gasteiger partial charge on any atom is -0.447 e. The maximum absolute atomic E-state index is 11.2. The number of carbonyl (C=O) groups excluding carboxylic acids is 1. The molecule has 1 N–H and O–H groups in total. The highest BCUT2D eigenvalue weighted by atomic mass is 16.6. The molecule has 1 spiro atoms. The average molecular weight is 214 g/mol. The van der Waals surface area contributed by atoms with Crippen molar-refractivity contribution >= 4 is 11.8 Å². The highest BCUT2D eigenvalue weighted by molar-refractivity contribution is 5.72. The zero-order valence-corrected chi connectivity index (χ0v) is 8.62. The molecule has 0 saturated carbocycles. The molecule has 1 heterocycles. The van der Waals surface area contributed by atoms with Gasteiger partial charge in [-0.3, -0.25) is 0 Å². The zero-order chi connectivity index (χ0) is 11.2. The van der Waals surface area contributed by atoms with Gasteiger partial charge in [0.05, 0.1) is 6.57 Å². The van der Waals surface area contributed by atoms with Crippen LogP contribution < -0.4 is 5.32 Å². The summed E-state index contributed by atoms with van der Waals surface area (Å²) < 4.78 is 4.99. The van der Waals surface area contributed by atoms with Crippen molar-refractivity contribution < 1.29 is 9.53 Å². The number of aryl methyl sites for hydroxylation is 1. The summed E-state index contributed by atoms with van der Waals surface area (Å²) in [6.07, 6.45) is 1.40. The van der Waals surface area contributed by atoms with Crippen LogP contribution in [-0.2, 0) is 16.7 Å². The Kier molecular flexibility index (Phi) is 1.72. The van der Waals surface area contributed by atoms with Crippen LogP contribution >= 0.6 is 0 Å². The Labute approximate surface area is 93.0 Å². The van der Waals surface area contributed by atoms with E-state index < -0.39 is 0 Å². The molecule has 1 amide bonds. The van der Waals surface area contributed by atoms with E-state index in [2.05, 4.69) is 10.2 Å². The number of rotatable bonds is 0. The van der Waals surface area contributed by atoms with Crippen LogP contribution in [0, 0.1) is 6.57 Å². The maximum atomic E-state index is 11.2. The quantitative estimate of drug-likeness (QED) is 0.672. The molecule has 1 aliphatic carbocycles. The van der Waals surface area contributed by atoms with Gasteiger partial charge in [0.2, 0.25) is 0 Å². The van der Waals surface area contributed by atoms with Gasteiger partial charge < -0.3 is 10.1 Å². The number of ether oxygens (including phenoxy) is 1. The van der Waals surface area contributed by atoms with Crippen molar-refractivity contribution in [2.75, 3.05) is 6.61 Å². The number of hydrogen-bond acceptors (Lipinski definition) is 2. The third kappa shape index (κ3) is 1.12. The lowest BCUT2D eigenvalue weighted by atomic mass is 9.93. The second-order valence-corrected chi connectivity index (χ2v) is 4.24. The summed E-state index contributed by atoms with van der Waals surface area (Å²) in [4.78, 5) is 14.6. The Morgan fingerprint density at radius 3 is 3.06 bits per heavy atom. The van der Waals surface area contributed by atoms with E-state index >= 15 is 0 Å². The Bertz CT molecular complexity index is 518. The molecule has 1 atom stereocenters. The van der Waals surface area contributed by atoms with Crippen molar-refractivity contribution in [1.82, 2.24) is 5.32 Å². The van der Waals surface area contributed by atoms with E-state index in [1.807, 2.05) is 12.1 Å². The number of hydrogen-bond donors (Lipinski definition) is 1. The van der Waals surface area contributed by atoms with Gasteiger partial charge >= 0.3 is 6.09 Å². The molecule has 2 aliphatic rings. The summed E-state index contributed by atoms with van der Waals surface area (Å²) in [5.74, 6) is 0. The summed E-state index contributed by atoms with van der Waals surface area (Å²) >= 11 is 0. The van der Waals surface area contributed by atoms with Gasteiger partial charge in [-0.1, -0.05) is 23.8 Å². The summed E-state index contributed by atoms with van der Waals surface area (Å²) in [6, 6.07) is 5.63. The predicted molar refractivity (Wildman–Crippen MR) is 57.2 cm³/mol. The highest BCUT2D eigenvalue weighted by Crippen LogP contribution is 2.40. The SMILES string of the molecule is [C-]#[N+]c1ccc2c(c1)CCC21COC(=O)N1. The van der Waals surface area contributed by atoms with Crippen molar-refractivity contribution in [2.45, 2.75) is 18.4 Å². The van der Waals surface area contributed by atoms with Gasteiger partial charge in [-0.25, -0.2) is 9.64 Å². The van der Waals surface area contributed by atoms with Crippen molar-refractivity contribution in [3.05, 3.63) is 40.7 Å². The molecule has 0 aromatic heterocycles. The number of amides is 1. The molecule has 1 unspecified atom stereocenters. The van der Waals surface area contributed by atoms with E-state index in [-0.39, 0.29) is 11.6 Å². The smallest absolute Gasteiger partial charge is 0.408 e. The highest BCUT2D eigenvalue weighted by Gasteiger charge is 2.45. The van der Waals surface area contributed by atoms with E-state index in [1.165, 1.54) is 0 Å². The average Bonchev–Trinajstić information content (AvgIpc) is 2.85. The molecule has 1 fully saturated rings. The Balaban J connectivity index is 2.07. The van der Waals surface area contributed by atoms with Crippen LogP contribution in [0.15, 0.2) is 18.2 Å². The summed E-state index contributed by atoms with van der Waals surface area (Å²) in [5.41, 5.74) is 2.57. The number of benzene rings is 1. The first-order chi connectivity index (χ1) is 7.73. The fraction of sp³-hybridized carbons (Fsp3) is 0.333. The molecule has 0 bridgehead atoms. The number of nitrogens with zero attached hydrogens (tertiary/aromatic N) is 1. The standard InChI is InChI=1S/C12H10N2O2/c1-13-9-2-3-10-8(6-9)4-5-12(10)7-16-11(15)14-12/h2-3,6H,4-5,7H2,(H,14,15). The first kappa shape index (κ1) is 9.22. The molecule has 4 heteroatoms. The van der Waals surface area contributed by atoms with Crippen LogP contribution in [0.2, 0.25) is 0 Å². The van der Waals surface area contributed by atoms with Gasteiger partial charge in [0.1, 0.15) is 12.1 Å². The lowest BCUT2D eigenvalue weighted by Crippen LogP contribution is -2.38. The van der Waals surface area contributed by atoms with Crippen LogP contribution in [0.4, 0.5) is 10.5 Å². The molecular weight excluding hydrogens is 204 g/mol. The van der Waals surface area contributed by atoms with Crippen molar-refractivity contribution in [2.24, 2.45) is 0 Å². The largest absolute Gasteiger partial charge is 0.447 e. The Morgan fingerprint density at radius 1 is 1.50 bits per heavy atom. The minimum absolute atomic E-state index is 0.340. The number of nitrogens with one attached hydrogen (secondary N) is 1. The van der Waals surface area contributed by atoms with E-state index in [1.54, 1.807) is 6.07 Å². The number of fused-ring (bicyclic) bond motifs is 2. The molecule has 1 saturated heterocycles. The van der Waals surface area contributed by atoms with Crippen LogP contribution in [0.25, 0.3) is 4.85 Å². The Morgan fingerprint density at radius 2 is 2.38 bits per heavy atom. The first-order valence-corrected chi connectivity index (χ1v) is 5.19.